The SMILES string of the molecule is CC#N.CCOc1cc2c(C(=O)NC)c(-c3ccc(F)cc3)oc2cc1N(C)S(C)(=O)=O. The van der Waals surface area contributed by atoms with Crippen LogP contribution >= 0.6 is 0 Å². The van der Waals surface area contributed by atoms with Crippen molar-refractivity contribution in [3.63, 3.8) is 0 Å². The van der Waals surface area contributed by atoms with Gasteiger partial charge in [-0.05, 0) is 37.3 Å². The molecule has 0 aliphatic heterocycles. The smallest absolute Gasteiger partial charge is 0.255 e. The van der Waals surface area contributed by atoms with Gasteiger partial charge in [0.2, 0.25) is 10.0 Å². The lowest BCUT2D eigenvalue weighted by Crippen LogP contribution is -2.25. The van der Waals surface area contributed by atoms with Crippen molar-refractivity contribution in [2.75, 3.05) is 31.3 Å². The molecule has 3 rings (SSSR count). The zero-order valence-electron chi connectivity index (χ0n) is 18.4. The largest absolute Gasteiger partial charge is 0.492 e. The van der Waals surface area contributed by atoms with E-state index in [1.807, 2.05) is 0 Å². The Kier molecular flexibility index (Phi) is 7.83. The first-order valence-corrected chi connectivity index (χ1v) is 11.4. The number of furan rings is 1. The summed E-state index contributed by atoms with van der Waals surface area (Å²) in [6.45, 7) is 3.50. The molecule has 0 radical (unpaired) electrons. The third-order valence-corrected chi connectivity index (χ3v) is 5.66. The number of nitrogens with zero attached hydrogens (tertiary/aromatic N) is 2. The summed E-state index contributed by atoms with van der Waals surface area (Å²) >= 11 is 0. The van der Waals surface area contributed by atoms with Crippen molar-refractivity contribution in [2.24, 2.45) is 0 Å². The van der Waals surface area contributed by atoms with Crippen LogP contribution < -0.4 is 14.4 Å². The van der Waals surface area contributed by atoms with Gasteiger partial charge in [-0.25, -0.2) is 12.8 Å². The minimum absolute atomic E-state index is 0.251. The fourth-order valence-corrected chi connectivity index (χ4v) is 3.46. The molecule has 10 heteroatoms. The van der Waals surface area contributed by atoms with Gasteiger partial charge in [-0.2, -0.15) is 5.26 Å². The summed E-state index contributed by atoms with van der Waals surface area (Å²) in [6, 6.07) is 10.4. The Morgan fingerprint density at radius 3 is 2.38 bits per heavy atom. The van der Waals surface area contributed by atoms with E-state index >= 15 is 0 Å². The average Bonchev–Trinajstić information content (AvgIpc) is 3.11. The number of ether oxygens (including phenoxy) is 1. The minimum Gasteiger partial charge on any atom is -0.492 e. The molecule has 0 aliphatic carbocycles. The van der Waals surface area contributed by atoms with E-state index in [1.54, 1.807) is 19.1 Å². The minimum atomic E-state index is -3.56. The van der Waals surface area contributed by atoms with E-state index < -0.39 is 21.7 Å². The van der Waals surface area contributed by atoms with Crippen molar-refractivity contribution in [2.45, 2.75) is 13.8 Å². The van der Waals surface area contributed by atoms with Gasteiger partial charge in [-0.1, -0.05) is 0 Å². The van der Waals surface area contributed by atoms with E-state index in [2.05, 4.69) is 5.32 Å². The molecule has 0 unspecified atom stereocenters. The Bertz CT molecular complexity index is 1260. The number of amides is 1. The topological polar surface area (TPSA) is 113 Å². The third kappa shape index (κ3) is 5.18. The fraction of sp³-hybridized carbons (Fsp3) is 0.273. The number of benzene rings is 2. The number of halogens is 1. The highest BCUT2D eigenvalue weighted by Gasteiger charge is 2.25. The molecule has 0 fully saturated rings. The maximum absolute atomic E-state index is 13.3. The van der Waals surface area contributed by atoms with E-state index in [0.717, 1.165) is 10.6 Å². The van der Waals surface area contributed by atoms with Crippen LogP contribution in [0, 0.1) is 17.1 Å². The van der Waals surface area contributed by atoms with E-state index in [4.69, 9.17) is 14.4 Å². The first kappa shape index (κ1) is 24.7. The maximum Gasteiger partial charge on any atom is 0.255 e. The van der Waals surface area contributed by atoms with Crippen LogP contribution in [-0.2, 0) is 10.0 Å². The van der Waals surface area contributed by atoms with Gasteiger partial charge in [-0.3, -0.25) is 9.10 Å². The second-order valence-electron chi connectivity index (χ2n) is 6.60. The first-order valence-electron chi connectivity index (χ1n) is 9.55. The lowest BCUT2D eigenvalue weighted by molar-refractivity contribution is 0.0964. The van der Waals surface area contributed by atoms with Gasteiger partial charge in [-0.15, -0.1) is 0 Å². The van der Waals surface area contributed by atoms with Crippen molar-refractivity contribution in [3.8, 4) is 23.1 Å². The highest BCUT2D eigenvalue weighted by atomic mass is 32.2. The molecule has 2 aromatic carbocycles. The third-order valence-electron chi connectivity index (χ3n) is 4.47. The fourth-order valence-electron chi connectivity index (χ4n) is 2.96. The molecule has 1 aromatic heterocycles. The first-order chi connectivity index (χ1) is 15.1. The number of hydrogen-bond donors (Lipinski definition) is 1. The highest BCUT2D eigenvalue weighted by Crippen LogP contribution is 2.40. The molecule has 0 saturated heterocycles. The molecular formula is C22H24FN3O5S. The van der Waals surface area contributed by atoms with E-state index in [9.17, 15) is 17.6 Å². The molecule has 3 aromatic rings. The average molecular weight is 462 g/mol. The molecule has 1 heterocycles. The number of carbonyl (C=O) groups is 1. The summed E-state index contributed by atoms with van der Waals surface area (Å²) in [5, 5.41) is 10.3. The Labute approximate surface area is 186 Å². The summed E-state index contributed by atoms with van der Waals surface area (Å²) in [6.07, 6.45) is 1.08. The normalized spacial score (nSPS) is 10.7. The van der Waals surface area contributed by atoms with Crippen LogP contribution in [0.15, 0.2) is 40.8 Å². The van der Waals surface area contributed by atoms with Crippen LogP contribution in [0.25, 0.3) is 22.3 Å². The van der Waals surface area contributed by atoms with Gasteiger partial charge < -0.3 is 14.5 Å². The summed E-state index contributed by atoms with van der Waals surface area (Å²) in [4.78, 5) is 12.6. The van der Waals surface area contributed by atoms with Crippen molar-refractivity contribution < 1.29 is 26.8 Å². The Hall–Kier alpha value is -3.58. The number of hydrogen-bond acceptors (Lipinski definition) is 6. The van der Waals surface area contributed by atoms with Crippen LogP contribution in [0.3, 0.4) is 0 Å². The van der Waals surface area contributed by atoms with E-state index in [0.29, 0.717) is 28.9 Å². The van der Waals surface area contributed by atoms with Crippen molar-refractivity contribution in [1.29, 1.82) is 5.26 Å². The van der Waals surface area contributed by atoms with Gasteiger partial charge in [0.1, 0.15) is 22.9 Å². The molecule has 0 atom stereocenters. The summed E-state index contributed by atoms with van der Waals surface area (Å²) in [7, 11) is -0.660. The van der Waals surface area contributed by atoms with Gasteiger partial charge in [0.15, 0.2) is 0 Å². The number of fused-ring (bicyclic) bond motifs is 1. The summed E-state index contributed by atoms with van der Waals surface area (Å²) in [5.74, 6) is -0.262. The van der Waals surface area contributed by atoms with Crippen LogP contribution in [0.2, 0.25) is 0 Å². The number of nitrogens with one attached hydrogen (secondary N) is 1. The van der Waals surface area contributed by atoms with Crippen LogP contribution in [-0.4, -0.2) is 41.3 Å². The van der Waals surface area contributed by atoms with Crippen molar-refractivity contribution >= 4 is 32.6 Å². The molecule has 0 bridgehead atoms. The van der Waals surface area contributed by atoms with Crippen LogP contribution in [0.4, 0.5) is 10.1 Å². The summed E-state index contributed by atoms with van der Waals surface area (Å²) in [5.41, 5.74) is 1.35. The molecule has 0 spiro atoms. The molecule has 1 N–H and O–H groups in total. The van der Waals surface area contributed by atoms with Gasteiger partial charge in [0.05, 0.1) is 30.2 Å². The molecular weight excluding hydrogens is 437 g/mol. The predicted molar refractivity (Wildman–Crippen MR) is 121 cm³/mol. The predicted octanol–water partition coefficient (Wildman–Crippen LogP) is 3.92. The van der Waals surface area contributed by atoms with E-state index in [1.165, 1.54) is 51.4 Å². The van der Waals surface area contributed by atoms with E-state index in [-0.39, 0.29) is 17.0 Å². The number of carbonyl (C=O) groups excluding carboxylic acids is 1. The molecule has 170 valence electrons. The van der Waals surface area contributed by atoms with Crippen LogP contribution in [0.1, 0.15) is 24.2 Å². The molecule has 32 heavy (non-hydrogen) atoms. The Morgan fingerprint density at radius 2 is 1.88 bits per heavy atom. The number of sulfonamides is 1. The second-order valence-corrected chi connectivity index (χ2v) is 8.61. The summed E-state index contributed by atoms with van der Waals surface area (Å²) < 4.78 is 50.1. The van der Waals surface area contributed by atoms with Gasteiger partial charge in [0, 0.05) is 38.0 Å². The molecule has 8 nitrogen and oxygen atoms in total. The Morgan fingerprint density at radius 1 is 1.28 bits per heavy atom. The van der Waals surface area contributed by atoms with Gasteiger partial charge in [0.25, 0.3) is 5.91 Å². The monoisotopic (exact) mass is 461 g/mol. The number of rotatable bonds is 6. The lowest BCUT2D eigenvalue weighted by atomic mass is 10.0. The zero-order chi connectivity index (χ0) is 24.1. The standard InChI is InChI=1S/C20H21FN2O5S.C2H3N/c1-5-27-17-10-14-16(11-15(17)23(3)29(4,25)26)28-19(18(14)20(24)22-2)12-6-8-13(21)9-7-12;1-2-3/h6-11H,5H2,1-4H3,(H,22,24);1H3. The zero-order valence-corrected chi connectivity index (χ0v) is 19.2. The highest BCUT2D eigenvalue weighted by molar-refractivity contribution is 7.92. The molecule has 0 saturated carbocycles. The molecule has 0 aliphatic rings. The van der Waals surface area contributed by atoms with Gasteiger partial charge >= 0.3 is 0 Å². The van der Waals surface area contributed by atoms with Crippen molar-refractivity contribution in [1.82, 2.24) is 5.32 Å². The lowest BCUT2D eigenvalue weighted by Gasteiger charge is -2.20. The van der Waals surface area contributed by atoms with Crippen molar-refractivity contribution in [3.05, 3.63) is 47.8 Å². The Balaban J connectivity index is 0.00000114. The molecule has 1 amide bonds. The quantitative estimate of drug-likeness (QED) is 0.595. The second kappa shape index (κ2) is 10.2. The number of anilines is 1. The van der Waals surface area contributed by atoms with Crippen LogP contribution in [0.5, 0.6) is 5.75 Å². The number of nitriles is 1. The maximum atomic E-state index is 13.3.